The van der Waals surface area contributed by atoms with Gasteiger partial charge in [-0.1, -0.05) is 0 Å². The summed E-state index contributed by atoms with van der Waals surface area (Å²) in [5.74, 6) is -0.802. The molecule has 0 saturated carbocycles. The van der Waals surface area contributed by atoms with Gasteiger partial charge in [0.15, 0.2) is 11.6 Å². The minimum atomic E-state index is -0.567. The highest BCUT2D eigenvalue weighted by Gasteiger charge is 2.13. The van der Waals surface area contributed by atoms with Crippen LogP contribution in [0.5, 0.6) is 5.88 Å². The Balaban J connectivity index is 2.58. The van der Waals surface area contributed by atoms with E-state index in [0.717, 1.165) is 0 Å². The third kappa shape index (κ3) is 2.65. The Morgan fingerprint density at radius 3 is 2.60 bits per heavy atom. The number of halogens is 2. The van der Waals surface area contributed by atoms with Crippen molar-refractivity contribution >= 4 is 27.4 Å². The first kappa shape index (κ1) is 14.5. The largest absolute Gasteiger partial charge is 0.479 e. The molecule has 1 heterocycles. The van der Waals surface area contributed by atoms with Gasteiger partial charge >= 0.3 is 0 Å². The van der Waals surface area contributed by atoms with Crippen molar-refractivity contribution in [3.05, 3.63) is 40.2 Å². The van der Waals surface area contributed by atoms with Crippen molar-refractivity contribution in [2.24, 2.45) is 0 Å². The summed E-state index contributed by atoms with van der Waals surface area (Å²) in [6.45, 7) is 1.43. The number of nitrogens with two attached hydrogens (primary N) is 1. The number of aromatic nitrogens is 1. The van der Waals surface area contributed by atoms with Gasteiger partial charge in [-0.25, -0.2) is 9.37 Å². The molecule has 4 nitrogen and oxygen atoms in total. The summed E-state index contributed by atoms with van der Waals surface area (Å²) in [4.78, 5) is 15.4. The Morgan fingerprint density at radius 2 is 2.05 bits per heavy atom. The van der Waals surface area contributed by atoms with Gasteiger partial charge in [-0.15, -0.1) is 0 Å². The van der Waals surface area contributed by atoms with Gasteiger partial charge in [0.2, 0.25) is 5.88 Å². The maximum Gasteiger partial charge on any atom is 0.250 e. The number of hydrogen-bond acceptors (Lipinski definition) is 4. The van der Waals surface area contributed by atoms with Crippen molar-refractivity contribution in [1.29, 1.82) is 0 Å². The molecule has 0 radical (unpaired) electrons. The Hall–Kier alpha value is -1.95. The quantitative estimate of drug-likeness (QED) is 0.687. The summed E-state index contributed by atoms with van der Waals surface area (Å²) < 4.78 is 19.0. The first-order chi connectivity index (χ1) is 9.43. The summed E-state index contributed by atoms with van der Waals surface area (Å²) in [6.07, 6.45) is 1.48. The topological polar surface area (TPSA) is 65.2 Å². The van der Waals surface area contributed by atoms with Crippen molar-refractivity contribution in [2.75, 3.05) is 12.8 Å². The predicted octanol–water partition coefficient (Wildman–Crippen LogP) is 3.44. The fraction of sp³-hybridized carbons (Fsp3) is 0.143. The number of pyridine rings is 1. The fourth-order valence-electron chi connectivity index (χ4n) is 1.81. The van der Waals surface area contributed by atoms with Crippen LogP contribution in [0.25, 0.3) is 11.1 Å². The van der Waals surface area contributed by atoms with E-state index in [1.807, 2.05) is 0 Å². The minimum absolute atomic E-state index is 0.0740. The number of nitrogen functional groups attached to an aromatic ring is 1. The molecular weight excluding hydrogens is 327 g/mol. The molecule has 1 aromatic carbocycles. The van der Waals surface area contributed by atoms with Crippen LogP contribution in [0.2, 0.25) is 0 Å². The summed E-state index contributed by atoms with van der Waals surface area (Å²) in [5, 5.41) is 0. The lowest BCUT2D eigenvalue weighted by molar-refractivity contribution is 0.101. The van der Waals surface area contributed by atoms with Gasteiger partial charge in [-0.2, -0.15) is 0 Å². The Kier molecular flexibility index (Phi) is 4.04. The van der Waals surface area contributed by atoms with Crippen LogP contribution in [0.4, 0.5) is 10.1 Å². The highest BCUT2D eigenvalue weighted by molar-refractivity contribution is 9.10. The van der Waals surface area contributed by atoms with Crippen LogP contribution < -0.4 is 10.5 Å². The molecule has 20 heavy (non-hydrogen) atoms. The first-order valence-corrected chi connectivity index (χ1v) is 6.53. The zero-order valence-corrected chi connectivity index (χ0v) is 12.5. The molecule has 0 aliphatic carbocycles. The van der Waals surface area contributed by atoms with Crippen LogP contribution >= 0.6 is 15.9 Å². The van der Waals surface area contributed by atoms with E-state index in [4.69, 9.17) is 10.5 Å². The first-order valence-electron chi connectivity index (χ1n) is 5.74. The number of ketones is 1. The molecule has 0 atom stereocenters. The van der Waals surface area contributed by atoms with Crippen LogP contribution in [0, 0.1) is 5.82 Å². The standard InChI is InChI=1S/C14H12BrFN2O2/c1-7(19)10-3-8(4-11(15)13(10)17)9-5-12(16)14(20-2)18-6-9/h3-6H,17H2,1-2H3. The normalized spacial score (nSPS) is 10.4. The number of hydrogen-bond donors (Lipinski definition) is 1. The zero-order chi connectivity index (χ0) is 14.9. The fourth-order valence-corrected chi connectivity index (χ4v) is 2.27. The van der Waals surface area contributed by atoms with Crippen LogP contribution in [-0.2, 0) is 0 Å². The van der Waals surface area contributed by atoms with Crippen LogP contribution in [0.15, 0.2) is 28.9 Å². The molecule has 0 saturated heterocycles. The number of nitrogens with zero attached hydrogens (tertiary/aromatic N) is 1. The van der Waals surface area contributed by atoms with E-state index in [-0.39, 0.29) is 11.7 Å². The van der Waals surface area contributed by atoms with Gasteiger partial charge in [0.25, 0.3) is 0 Å². The molecule has 6 heteroatoms. The Morgan fingerprint density at radius 1 is 1.35 bits per heavy atom. The van der Waals surface area contributed by atoms with Gasteiger partial charge in [0.1, 0.15) is 0 Å². The zero-order valence-electron chi connectivity index (χ0n) is 10.9. The molecule has 1 aromatic heterocycles. The summed E-state index contributed by atoms with van der Waals surface area (Å²) in [5.41, 5.74) is 7.75. The van der Waals surface area contributed by atoms with Crippen LogP contribution in [0.1, 0.15) is 17.3 Å². The second kappa shape index (κ2) is 5.58. The summed E-state index contributed by atoms with van der Waals surface area (Å²) >= 11 is 3.29. The SMILES string of the molecule is COc1ncc(-c2cc(Br)c(N)c(C(C)=O)c2)cc1F. The lowest BCUT2D eigenvalue weighted by Gasteiger charge is -2.10. The van der Waals surface area contributed by atoms with Gasteiger partial charge in [-0.05, 0) is 46.6 Å². The molecule has 2 aromatic rings. The number of Topliss-reactive ketones (excluding diaryl/α,β-unsaturated/α-hetero) is 1. The van der Waals surface area contributed by atoms with Gasteiger partial charge < -0.3 is 10.5 Å². The van der Waals surface area contributed by atoms with Crippen molar-refractivity contribution in [3.63, 3.8) is 0 Å². The van der Waals surface area contributed by atoms with E-state index in [2.05, 4.69) is 20.9 Å². The third-order valence-corrected chi connectivity index (χ3v) is 3.50. The van der Waals surface area contributed by atoms with Crippen LogP contribution in [0.3, 0.4) is 0 Å². The van der Waals surface area contributed by atoms with Crippen molar-refractivity contribution in [1.82, 2.24) is 4.98 Å². The highest BCUT2D eigenvalue weighted by Crippen LogP contribution is 2.32. The second-order valence-corrected chi connectivity index (χ2v) is 5.04. The third-order valence-electron chi connectivity index (χ3n) is 2.84. The molecule has 0 unspecified atom stereocenters. The molecule has 104 valence electrons. The lowest BCUT2D eigenvalue weighted by atomic mass is 10.0. The maximum atomic E-state index is 13.7. The lowest BCUT2D eigenvalue weighted by Crippen LogP contribution is -2.01. The number of methoxy groups -OCH3 is 1. The molecule has 0 bridgehead atoms. The molecule has 2 rings (SSSR count). The molecule has 0 amide bonds. The smallest absolute Gasteiger partial charge is 0.250 e. The number of carbonyl (C=O) groups is 1. The summed E-state index contributed by atoms with van der Waals surface area (Å²) in [7, 11) is 1.35. The molecule has 2 N–H and O–H groups in total. The molecule has 0 aliphatic rings. The van der Waals surface area contributed by atoms with E-state index in [0.29, 0.717) is 26.9 Å². The summed E-state index contributed by atoms with van der Waals surface area (Å²) in [6, 6.07) is 4.63. The van der Waals surface area contributed by atoms with Crippen LogP contribution in [-0.4, -0.2) is 17.9 Å². The van der Waals surface area contributed by atoms with Gasteiger partial charge in [-0.3, -0.25) is 4.79 Å². The minimum Gasteiger partial charge on any atom is -0.479 e. The van der Waals surface area contributed by atoms with E-state index in [1.54, 1.807) is 12.1 Å². The van der Waals surface area contributed by atoms with E-state index in [9.17, 15) is 9.18 Å². The number of anilines is 1. The molecular formula is C14H12BrFN2O2. The number of carbonyl (C=O) groups excluding carboxylic acids is 1. The second-order valence-electron chi connectivity index (χ2n) is 4.19. The molecule has 0 spiro atoms. The van der Waals surface area contributed by atoms with Gasteiger partial charge in [0.05, 0.1) is 12.8 Å². The van der Waals surface area contributed by atoms with Crippen molar-refractivity contribution in [3.8, 4) is 17.0 Å². The maximum absolute atomic E-state index is 13.7. The average molecular weight is 339 g/mol. The Labute approximate surface area is 123 Å². The van der Waals surface area contributed by atoms with E-state index < -0.39 is 5.82 Å². The highest BCUT2D eigenvalue weighted by atomic mass is 79.9. The number of rotatable bonds is 3. The molecule has 0 aliphatic heterocycles. The van der Waals surface area contributed by atoms with Crippen molar-refractivity contribution in [2.45, 2.75) is 6.92 Å². The molecule has 0 fully saturated rings. The van der Waals surface area contributed by atoms with E-state index >= 15 is 0 Å². The van der Waals surface area contributed by atoms with E-state index in [1.165, 1.54) is 26.3 Å². The predicted molar refractivity (Wildman–Crippen MR) is 78.3 cm³/mol. The average Bonchev–Trinajstić information content (AvgIpc) is 2.41. The Bertz CT molecular complexity index is 689. The monoisotopic (exact) mass is 338 g/mol. The number of benzene rings is 1. The number of ether oxygens (including phenoxy) is 1. The van der Waals surface area contributed by atoms with Crippen molar-refractivity contribution < 1.29 is 13.9 Å². The van der Waals surface area contributed by atoms with Gasteiger partial charge in [0, 0.05) is 21.8 Å².